The highest BCUT2D eigenvalue weighted by atomic mass is 35.5. The molecule has 0 radical (unpaired) electrons. The molecule has 2 N–H and O–H groups in total. The van der Waals surface area contributed by atoms with Gasteiger partial charge in [-0.25, -0.2) is 14.2 Å². The summed E-state index contributed by atoms with van der Waals surface area (Å²) in [6.45, 7) is 5.86. The fourth-order valence-corrected chi connectivity index (χ4v) is 5.30. The van der Waals surface area contributed by atoms with E-state index in [9.17, 15) is 9.59 Å². The van der Waals surface area contributed by atoms with E-state index in [0.717, 1.165) is 17.4 Å². The van der Waals surface area contributed by atoms with Crippen LogP contribution in [-0.2, 0) is 14.3 Å². The van der Waals surface area contributed by atoms with Crippen molar-refractivity contribution in [1.29, 1.82) is 0 Å². The van der Waals surface area contributed by atoms with Gasteiger partial charge in [0.25, 0.3) is 5.91 Å². The van der Waals surface area contributed by atoms with Crippen molar-refractivity contribution in [2.24, 2.45) is 5.41 Å². The normalized spacial score (nSPS) is 12.7. The zero-order valence-corrected chi connectivity index (χ0v) is 24.3. The summed E-state index contributed by atoms with van der Waals surface area (Å²) in [6.07, 6.45) is 0.646. The van der Waals surface area contributed by atoms with Gasteiger partial charge < -0.3 is 19.3 Å². The van der Waals surface area contributed by atoms with Crippen molar-refractivity contribution in [1.82, 2.24) is 4.98 Å². The van der Waals surface area contributed by atoms with Gasteiger partial charge in [-0.2, -0.15) is 0 Å². The maximum atomic E-state index is 15.7. The summed E-state index contributed by atoms with van der Waals surface area (Å²) in [6, 6.07) is 7.61. The second-order valence-electron chi connectivity index (χ2n) is 9.38. The number of ether oxygens (including phenoxy) is 3. The van der Waals surface area contributed by atoms with Crippen LogP contribution < -0.4 is 10.1 Å². The average molecular weight is 597 g/mol. The van der Waals surface area contributed by atoms with Crippen LogP contribution >= 0.6 is 34.5 Å². The number of benzene rings is 2. The molecule has 3 aromatic rings. The molecular weight excluding hydrogens is 570 g/mol. The number of nitrogens with one attached hydrogen (secondary N) is 1. The largest absolute Gasteiger partial charge is 0.490 e. The fourth-order valence-electron chi connectivity index (χ4n) is 3.91. The van der Waals surface area contributed by atoms with Gasteiger partial charge >= 0.3 is 5.97 Å². The minimum atomic E-state index is -1.31. The Morgan fingerprint density at radius 3 is 2.31 bits per heavy atom. The lowest BCUT2D eigenvalue weighted by Crippen LogP contribution is -2.21. The maximum absolute atomic E-state index is 15.7. The van der Waals surface area contributed by atoms with Gasteiger partial charge in [0.15, 0.2) is 5.13 Å². The van der Waals surface area contributed by atoms with Crippen molar-refractivity contribution in [3.8, 4) is 16.3 Å². The third kappa shape index (κ3) is 6.70. The number of aliphatic carboxylic acids is 1. The topological polar surface area (TPSA) is 107 Å². The van der Waals surface area contributed by atoms with Crippen LogP contribution in [0.15, 0.2) is 36.1 Å². The van der Waals surface area contributed by atoms with Crippen LogP contribution in [0.2, 0.25) is 10.0 Å². The number of aromatic nitrogens is 1. The molecule has 0 saturated carbocycles. The molecule has 0 bridgehead atoms. The van der Waals surface area contributed by atoms with E-state index in [1.54, 1.807) is 18.2 Å². The molecule has 0 fully saturated rings. The number of thiazole rings is 1. The predicted octanol–water partition coefficient (Wildman–Crippen LogP) is 7.32. The summed E-state index contributed by atoms with van der Waals surface area (Å²) in [5.74, 6) is -2.78. The number of halogens is 3. The summed E-state index contributed by atoms with van der Waals surface area (Å²) < 4.78 is 31.6. The molecule has 0 spiro atoms. The smallest absolute Gasteiger partial charge is 0.371 e. The molecule has 39 heavy (non-hydrogen) atoms. The van der Waals surface area contributed by atoms with Crippen LogP contribution in [0.3, 0.4) is 0 Å². The Morgan fingerprint density at radius 2 is 1.79 bits per heavy atom. The van der Waals surface area contributed by atoms with Crippen LogP contribution in [0.4, 0.5) is 9.52 Å². The number of rotatable bonds is 9. The minimum Gasteiger partial charge on any atom is -0.490 e. The lowest BCUT2D eigenvalue weighted by molar-refractivity contribution is -0.135. The first-order valence-electron chi connectivity index (χ1n) is 11.5. The molecule has 1 aromatic heterocycles. The molecule has 8 nitrogen and oxygen atoms in total. The molecule has 0 saturated heterocycles. The van der Waals surface area contributed by atoms with Gasteiger partial charge in [-0.15, -0.1) is 0 Å². The quantitative estimate of drug-likeness (QED) is 0.197. The van der Waals surface area contributed by atoms with Crippen molar-refractivity contribution in [3.05, 3.63) is 68.6 Å². The molecule has 0 aliphatic carbocycles. The minimum absolute atomic E-state index is 0.0336. The van der Waals surface area contributed by atoms with Crippen molar-refractivity contribution < 1.29 is 33.3 Å². The molecule has 1 atom stereocenters. The van der Waals surface area contributed by atoms with Crippen LogP contribution in [0.1, 0.15) is 48.4 Å². The number of methoxy groups -OCH3 is 3. The first-order valence-corrected chi connectivity index (χ1v) is 13.0. The van der Waals surface area contributed by atoms with Gasteiger partial charge in [0.1, 0.15) is 11.5 Å². The molecule has 1 heterocycles. The highest BCUT2D eigenvalue weighted by Gasteiger charge is 2.30. The lowest BCUT2D eigenvalue weighted by atomic mass is 9.83. The van der Waals surface area contributed by atoms with E-state index in [1.165, 1.54) is 33.5 Å². The molecular formula is C27H27Cl2FN2O6S. The molecule has 208 valence electrons. The highest BCUT2D eigenvalue weighted by Crippen LogP contribution is 2.43. The van der Waals surface area contributed by atoms with Gasteiger partial charge in [0.05, 0.1) is 30.4 Å². The van der Waals surface area contributed by atoms with Crippen LogP contribution in [0.25, 0.3) is 17.3 Å². The molecule has 3 rings (SSSR count). The molecule has 0 aliphatic rings. The standard InChI is InChI=1S/C27H27Cl2FN2O6S/c1-27(2,3)22(37-5)15-9-7-8-14(20(15)30)21-25(38-6)39-26(31-21)32-23(33)13-10-17(28)16(18(29)11-13)12-19(36-4)24(34)35/h7-12,22H,1-6H3,(H,34,35)(H,31,32,33)/b19-12-. The first kappa shape index (κ1) is 30.4. The van der Waals surface area contributed by atoms with Gasteiger partial charge in [-0.3, -0.25) is 10.1 Å². The Hall–Kier alpha value is -3.18. The Labute approximate surface area is 239 Å². The second kappa shape index (κ2) is 12.3. The third-order valence-corrected chi connectivity index (χ3v) is 7.20. The Morgan fingerprint density at radius 1 is 1.15 bits per heavy atom. The summed E-state index contributed by atoms with van der Waals surface area (Å²) in [7, 11) is 4.15. The third-order valence-electron chi connectivity index (χ3n) is 5.64. The van der Waals surface area contributed by atoms with E-state index in [2.05, 4.69) is 10.3 Å². The summed E-state index contributed by atoms with van der Waals surface area (Å²) in [4.78, 5) is 28.7. The number of hydrogen-bond acceptors (Lipinski definition) is 7. The maximum Gasteiger partial charge on any atom is 0.371 e. The number of carboxylic acid groups (broad SMARTS) is 1. The fraction of sp³-hybridized carbons (Fsp3) is 0.296. The molecule has 1 amide bonds. The van der Waals surface area contributed by atoms with Gasteiger partial charge in [0.2, 0.25) is 10.8 Å². The van der Waals surface area contributed by atoms with Crippen molar-refractivity contribution >= 4 is 57.6 Å². The number of hydrogen-bond donors (Lipinski definition) is 2. The van der Waals surface area contributed by atoms with Crippen LogP contribution in [0, 0.1) is 11.2 Å². The SMILES string of the molecule is CO/C(=C\c1c(Cl)cc(C(=O)Nc2nc(-c3cccc(C(OC)C(C)(C)C)c3F)c(OC)s2)cc1Cl)C(=O)O. The van der Waals surface area contributed by atoms with E-state index in [4.69, 9.17) is 42.5 Å². The van der Waals surface area contributed by atoms with Crippen molar-refractivity contribution in [2.45, 2.75) is 26.9 Å². The number of nitrogens with zero attached hydrogens (tertiary/aromatic N) is 1. The van der Waals surface area contributed by atoms with Gasteiger partial charge in [-0.1, -0.05) is 67.4 Å². The number of carbonyl (C=O) groups is 2. The summed E-state index contributed by atoms with van der Waals surface area (Å²) in [5, 5.41) is 12.3. The zero-order valence-electron chi connectivity index (χ0n) is 22.0. The number of anilines is 1. The monoisotopic (exact) mass is 596 g/mol. The van der Waals surface area contributed by atoms with E-state index >= 15 is 4.39 Å². The number of amides is 1. The molecule has 1 unspecified atom stereocenters. The summed E-state index contributed by atoms with van der Waals surface area (Å²) in [5.41, 5.74) is 0.689. The van der Waals surface area contributed by atoms with E-state index < -0.39 is 23.8 Å². The van der Waals surface area contributed by atoms with Gasteiger partial charge in [0, 0.05) is 29.4 Å². The predicted molar refractivity (Wildman–Crippen MR) is 150 cm³/mol. The highest BCUT2D eigenvalue weighted by molar-refractivity contribution is 7.18. The molecule has 12 heteroatoms. The van der Waals surface area contributed by atoms with Gasteiger partial charge in [-0.05, 0) is 29.7 Å². The number of carboxylic acids is 1. The Kier molecular flexibility index (Phi) is 9.60. The van der Waals surface area contributed by atoms with E-state index in [1.807, 2.05) is 20.8 Å². The van der Waals surface area contributed by atoms with Crippen LogP contribution in [0.5, 0.6) is 5.06 Å². The molecule has 2 aromatic carbocycles. The van der Waals surface area contributed by atoms with E-state index in [0.29, 0.717) is 10.6 Å². The van der Waals surface area contributed by atoms with Crippen LogP contribution in [-0.4, -0.2) is 43.3 Å². The average Bonchev–Trinajstić information content (AvgIpc) is 3.26. The van der Waals surface area contributed by atoms with Crippen molar-refractivity contribution in [2.75, 3.05) is 26.6 Å². The molecule has 0 aliphatic heterocycles. The zero-order chi connectivity index (χ0) is 29.1. The Bertz CT molecular complexity index is 1410. The first-order chi connectivity index (χ1) is 18.3. The van der Waals surface area contributed by atoms with Crippen molar-refractivity contribution in [3.63, 3.8) is 0 Å². The lowest BCUT2D eigenvalue weighted by Gasteiger charge is -2.30. The summed E-state index contributed by atoms with van der Waals surface area (Å²) >= 11 is 13.6. The second-order valence-corrected chi connectivity index (χ2v) is 11.2. The number of carbonyl (C=O) groups excluding carboxylic acids is 1. The Balaban J connectivity index is 1.95. The van der Waals surface area contributed by atoms with E-state index in [-0.39, 0.29) is 48.7 Å².